The lowest BCUT2D eigenvalue weighted by molar-refractivity contribution is -0.137. The largest absolute Gasteiger partial charge is 0.416 e. The van der Waals surface area contributed by atoms with Gasteiger partial charge in [-0.2, -0.15) is 13.2 Å². The molecule has 1 fully saturated rings. The molecular weight excluding hydrogens is 361 g/mol. The van der Waals surface area contributed by atoms with Crippen molar-refractivity contribution < 1.29 is 22.7 Å². The average Bonchev–Trinajstić information content (AvgIpc) is 2.60. The average molecular weight is 380 g/mol. The van der Waals surface area contributed by atoms with E-state index in [1.165, 1.54) is 6.07 Å². The van der Waals surface area contributed by atoms with Crippen LogP contribution in [0.4, 0.5) is 19.1 Å². The predicted molar refractivity (Wildman–Crippen MR) is 92.0 cm³/mol. The van der Waals surface area contributed by atoms with Crippen LogP contribution in [0.3, 0.4) is 0 Å². The first-order chi connectivity index (χ1) is 12.7. The van der Waals surface area contributed by atoms with Crippen LogP contribution in [-0.4, -0.2) is 46.6 Å². The Balaban J connectivity index is 1.70. The van der Waals surface area contributed by atoms with Crippen LogP contribution in [0.5, 0.6) is 0 Å². The molecular formula is C18H19F3N4O2. The maximum absolute atomic E-state index is 12.9. The summed E-state index contributed by atoms with van der Waals surface area (Å²) in [5.41, 5.74) is 6.18. The summed E-state index contributed by atoms with van der Waals surface area (Å²) >= 11 is 0. The van der Waals surface area contributed by atoms with Crippen molar-refractivity contribution >= 4 is 11.9 Å². The van der Waals surface area contributed by atoms with Gasteiger partial charge in [0.2, 0.25) is 5.95 Å². The van der Waals surface area contributed by atoms with Crippen molar-refractivity contribution in [2.45, 2.75) is 25.6 Å². The highest BCUT2D eigenvalue weighted by molar-refractivity contribution is 5.92. The fraction of sp³-hybridized carbons (Fsp3) is 0.389. The minimum Gasteiger partial charge on any atom is -0.374 e. The molecule has 0 saturated carbocycles. The molecule has 2 heterocycles. The summed E-state index contributed by atoms with van der Waals surface area (Å²) in [7, 11) is 0. The summed E-state index contributed by atoms with van der Waals surface area (Å²) in [5, 5.41) is 0. The number of ether oxygens (including phenoxy) is 1. The first kappa shape index (κ1) is 19.1. The Morgan fingerprint density at radius 2 is 2.11 bits per heavy atom. The molecule has 1 aromatic carbocycles. The van der Waals surface area contributed by atoms with Gasteiger partial charge in [0.1, 0.15) is 5.69 Å². The van der Waals surface area contributed by atoms with E-state index in [9.17, 15) is 18.0 Å². The van der Waals surface area contributed by atoms with E-state index in [0.29, 0.717) is 24.4 Å². The highest BCUT2D eigenvalue weighted by Crippen LogP contribution is 2.30. The molecule has 0 bridgehead atoms. The van der Waals surface area contributed by atoms with Crippen LogP contribution < -0.4 is 5.73 Å². The van der Waals surface area contributed by atoms with E-state index in [2.05, 4.69) is 9.97 Å². The van der Waals surface area contributed by atoms with Gasteiger partial charge in [-0.3, -0.25) is 4.79 Å². The zero-order valence-electron chi connectivity index (χ0n) is 14.7. The summed E-state index contributed by atoms with van der Waals surface area (Å²) in [6.45, 7) is 2.65. The van der Waals surface area contributed by atoms with Gasteiger partial charge in [0, 0.05) is 25.2 Å². The molecule has 6 nitrogen and oxygen atoms in total. The summed E-state index contributed by atoms with van der Waals surface area (Å²) in [6.07, 6.45) is -4.51. The van der Waals surface area contributed by atoms with E-state index in [1.807, 2.05) is 0 Å². The number of nitrogen functional groups attached to an aromatic ring is 1. The number of aromatic nitrogens is 2. The first-order valence-electron chi connectivity index (χ1n) is 8.40. The van der Waals surface area contributed by atoms with Crippen molar-refractivity contribution in [2.24, 2.45) is 0 Å². The van der Waals surface area contributed by atoms with E-state index in [-0.39, 0.29) is 30.5 Å². The summed E-state index contributed by atoms with van der Waals surface area (Å²) in [6, 6.07) is 6.68. The second-order valence-corrected chi connectivity index (χ2v) is 6.40. The minimum absolute atomic E-state index is 0.0205. The van der Waals surface area contributed by atoms with Gasteiger partial charge < -0.3 is 15.4 Å². The molecule has 9 heteroatoms. The maximum atomic E-state index is 12.9. The third kappa shape index (κ3) is 4.73. The van der Waals surface area contributed by atoms with Crippen molar-refractivity contribution in [3.8, 4) is 0 Å². The number of morpholine rings is 1. The fourth-order valence-electron chi connectivity index (χ4n) is 3.03. The molecule has 0 spiro atoms. The van der Waals surface area contributed by atoms with Gasteiger partial charge in [-0.15, -0.1) is 0 Å². The molecule has 1 aliphatic rings. The van der Waals surface area contributed by atoms with E-state index in [1.54, 1.807) is 24.0 Å². The number of alkyl halides is 3. The normalized spacial score (nSPS) is 17.8. The molecule has 0 radical (unpaired) electrons. The SMILES string of the molecule is Cc1cc(C(=O)N2CCO[C@H](Cc3cccc(C(F)(F)F)c3)C2)nc(N)n1. The van der Waals surface area contributed by atoms with E-state index < -0.39 is 17.8 Å². The fourth-order valence-corrected chi connectivity index (χ4v) is 3.03. The number of anilines is 1. The van der Waals surface area contributed by atoms with Gasteiger partial charge in [-0.25, -0.2) is 9.97 Å². The van der Waals surface area contributed by atoms with Crippen molar-refractivity contribution in [2.75, 3.05) is 25.4 Å². The molecule has 0 unspecified atom stereocenters. The van der Waals surface area contributed by atoms with Gasteiger partial charge in [-0.05, 0) is 24.6 Å². The van der Waals surface area contributed by atoms with Gasteiger partial charge in [-0.1, -0.05) is 18.2 Å². The Labute approximate surface area is 154 Å². The number of carbonyl (C=O) groups is 1. The number of halogens is 3. The van der Waals surface area contributed by atoms with Crippen LogP contribution in [0, 0.1) is 6.92 Å². The number of amides is 1. The third-order valence-electron chi connectivity index (χ3n) is 4.23. The molecule has 1 atom stereocenters. The zero-order chi connectivity index (χ0) is 19.6. The second-order valence-electron chi connectivity index (χ2n) is 6.40. The Bertz CT molecular complexity index is 821. The minimum atomic E-state index is -4.39. The molecule has 0 aliphatic carbocycles. The molecule has 144 valence electrons. The predicted octanol–water partition coefficient (Wildman–Crippen LogP) is 2.47. The van der Waals surface area contributed by atoms with Gasteiger partial charge in [0.05, 0.1) is 18.3 Å². The van der Waals surface area contributed by atoms with Crippen molar-refractivity contribution in [3.05, 3.63) is 52.8 Å². The van der Waals surface area contributed by atoms with E-state index in [4.69, 9.17) is 10.5 Å². The summed E-state index contributed by atoms with van der Waals surface area (Å²) < 4.78 is 44.2. The number of nitrogens with two attached hydrogens (primary N) is 1. The lowest BCUT2D eigenvalue weighted by Gasteiger charge is -2.33. The molecule has 1 aromatic heterocycles. The van der Waals surface area contributed by atoms with Crippen molar-refractivity contribution in [3.63, 3.8) is 0 Å². The number of aryl methyl sites for hydroxylation is 1. The molecule has 1 aliphatic heterocycles. The molecule has 2 aromatic rings. The topological polar surface area (TPSA) is 81.3 Å². The van der Waals surface area contributed by atoms with Crippen LogP contribution >= 0.6 is 0 Å². The van der Waals surface area contributed by atoms with Crippen molar-refractivity contribution in [1.82, 2.24) is 14.9 Å². The summed E-state index contributed by atoms with van der Waals surface area (Å²) in [5.74, 6) is -0.281. The molecule has 1 amide bonds. The first-order valence-corrected chi connectivity index (χ1v) is 8.40. The summed E-state index contributed by atoms with van der Waals surface area (Å²) in [4.78, 5) is 22.1. The molecule has 2 N–H and O–H groups in total. The molecule has 1 saturated heterocycles. The van der Waals surface area contributed by atoms with Gasteiger partial charge >= 0.3 is 6.18 Å². The number of carbonyl (C=O) groups excluding carboxylic acids is 1. The lowest BCUT2D eigenvalue weighted by Crippen LogP contribution is -2.46. The van der Waals surface area contributed by atoms with E-state index in [0.717, 1.165) is 12.1 Å². The number of hydrogen-bond acceptors (Lipinski definition) is 5. The van der Waals surface area contributed by atoms with Crippen LogP contribution in [0.25, 0.3) is 0 Å². The Kier molecular flexibility index (Phi) is 5.31. The Hall–Kier alpha value is -2.68. The third-order valence-corrected chi connectivity index (χ3v) is 4.23. The monoisotopic (exact) mass is 380 g/mol. The zero-order valence-corrected chi connectivity index (χ0v) is 14.7. The smallest absolute Gasteiger partial charge is 0.374 e. The van der Waals surface area contributed by atoms with Crippen molar-refractivity contribution in [1.29, 1.82) is 0 Å². The van der Waals surface area contributed by atoms with Crippen LogP contribution in [-0.2, 0) is 17.3 Å². The number of nitrogens with zero attached hydrogens (tertiary/aromatic N) is 3. The number of benzene rings is 1. The quantitative estimate of drug-likeness (QED) is 0.885. The highest BCUT2D eigenvalue weighted by Gasteiger charge is 2.31. The standard InChI is InChI=1S/C18H19F3N4O2/c1-11-7-15(24-17(22)23-11)16(26)25-5-6-27-14(10-25)9-12-3-2-4-13(8-12)18(19,20)21/h2-4,7-8,14H,5-6,9-10H2,1H3,(H2,22,23,24)/t14-/m1/s1. The lowest BCUT2D eigenvalue weighted by atomic mass is 10.0. The van der Waals surface area contributed by atoms with Crippen LogP contribution in [0.1, 0.15) is 27.3 Å². The van der Waals surface area contributed by atoms with Gasteiger partial charge in [0.15, 0.2) is 0 Å². The Morgan fingerprint density at radius 1 is 1.33 bits per heavy atom. The number of hydrogen-bond donors (Lipinski definition) is 1. The van der Waals surface area contributed by atoms with Crippen LogP contribution in [0.2, 0.25) is 0 Å². The molecule has 3 rings (SSSR count). The Morgan fingerprint density at radius 3 is 2.81 bits per heavy atom. The van der Waals surface area contributed by atoms with E-state index >= 15 is 0 Å². The highest BCUT2D eigenvalue weighted by atomic mass is 19.4. The maximum Gasteiger partial charge on any atom is 0.416 e. The molecule has 27 heavy (non-hydrogen) atoms. The van der Waals surface area contributed by atoms with Gasteiger partial charge in [0.25, 0.3) is 5.91 Å². The number of rotatable bonds is 3. The second kappa shape index (κ2) is 7.51. The van der Waals surface area contributed by atoms with Crippen LogP contribution in [0.15, 0.2) is 30.3 Å².